The standard InChI is InChI=1S/C56H42N4/c1-55(2)47-17-9-5-13-41(47)43-31-27-38(33-49(43)55)35-21-23-37(24-22-35)53-57-58-54(60-51-19-11-7-15-45(51)46-16-8-12-20-52(46)60)59(53)40-29-25-36(26-30-40)39-28-32-44-42-14-6-10-18-48(42)56(3,4)50(44)34-39/h5-34H,1-4H3. The van der Waals surface area contributed by atoms with Gasteiger partial charge in [-0.1, -0.05) is 173 Å². The molecule has 2 aliphatic rings. The van der Waals surface area contributed by atoms with Crippen molar-refractivity contribution in [1.82, 2.24) is 19.3 Å². The van der Waals surface area contributed by atoms with Crippen LogP contribution in [0.1, 0.15) is 49.9 Å². The molecule has 0 amide bonds. The Balaban J connectivity index is 0.972. The lowest BCUT2D eigenvalue weighted by Crippen LogP contribution is -2.14. The largest absolute Gasteiger partial charge is 0.278 e. The molecule has 2 aliphatic carbocycles. The third-order valence-electron chi connectivity index (χ3n) is 13.5. The van der Waals surface area contributed by atoms with Gasteiger partial charge in [-0.2, -0.15) is 0 Å². The second-order valence-corrected chi connectivity index (χ2v) is 17.5. The minimum absolute atomic E-state index is 0.0555. The van der Waals surface area contributed by atoms with Crippen molar-refractivity contribution in [3.63, 3.8) is 0 Å². The molecule has 2 aromatic heterocycles. The molecule has 0 aliphatic heterocycles. The topological polar surface area (TPSA) is 35.6 Å². The predicted molar refractivity (Wildman–Crippen MR) is 247 cm³/mol. The Morgan fingerprint density at radius 1 is 0.350 bits per heavy atom. The molecule has 8 aromatic carbocycles. The summed E-state index contributed by atoms with van der Waals surface area (Å²) >= 11 is 0. The van der Waals surface area contributed by atoms with E-state index >= 15 is 0 Å². The van der Waals surface area contributed by atoms with E-state index in [1.807, 2.05) is 0 Å². The van der Waals surface area contributed by atoms with Gasteiger partial charge in [0.2, 0.25) is 5.95 Å². The summed E-state index contributed by atoms with van der Waals surface area (Å²) in [6.07, 6.45) is 0. The van der Waals surface area contributed by atoms with Crippen LogP contribution in [0.25, 0.3) is 89.3 Å². The van der Waals surface area contributed by atoms with Crippen LogP contribution in [0.2, 0.25) is 0 Å². The molecule has 286 valence electrons. The van der Waals surface area contributed by atoms with Crippen LogP contribution in [0.5, 0.6) is 0 Å². The predicted octanol–water partition coefficient (Wildman–Crippen LogP) is 14.0. The van der Waals surface area contributed by atoms with Gasteiger partial charge in [0, 0.05) is 27.2 Å². The van der Waals surface area contributed by atoms with E-state index in [0.717, 1.165) is 34.1 Å². The second-order valence-electron chi connectivity index (χ2n) is 17.5. The van der Waals surface area contributed by atoms with Gasteiger partial charge < -0.3 is 0 Å². The summed E-state index contributed by atoms with van der Waals surface area (Å²) in [6.45, 7) is 9.35. The van der Waals surface area contributed by atoms with Gasteiger partial charge >= 0.3 is 0 Å². The van der Waals surface area contributed by atoms with Crippen LogP contribution in [-0.2, 0) is 10.8 Å². The molecule has 0 fully saturated rings. The molecule has 60 heavy (non-hydrogen) atoms. The average Bonchev–Trinajstić information content (AvgIpc) is 4.00. The van der Waals surface area contributed by atoms with Gasteiger partial charge in [0.15, 0.2) is 5.82 Å². The van der Waals surface area contributed by atoms with Crippen LogP contribution in [0.3, 0.4) is 0 Å². The second kappa shape index (κ2) is 12.6. The van der Waals surface area contributed by atoms with Crippen molar-refractivity contribution in [3.05, 3.63) is 204 Å². The average molecular weight is 771 g/mol. The fourth-order valence-electron chi connectivity index (χ4n) is 10.4. The van der Waals surface area contributed by atoms with Crippen molar-refractivity contribution in [2.75, 3.05) is 0 Å². The SMILES string of the molecule is CC1(C)c2ccccc2-c2ccc(-c3ccc(-c4nnc(-n5c6ccccc6c6ccccc65)n4-c4ccc(-c5ccc6c(c5)C(C)(C)c5ccccc5-6)cc4)cc3)cc21. The normalized spacial score (nSPS) is 14.3. The fraction of sp³-hybridized carbons (Fsp3) is 0.107. The van der Waals surface area contributed by atoms with Crippen LogP contribution in [0, 0.1) is 0 Å². The quantitative estimate of drug-likeness (QED) is 0.175. The van der Waals surface area contributed by atoms with Crippen molar-refractivity contribution in [2.24, 2.45) is 0 Å². The molecule has 4 nitrogen and oxygen atoms in total. The molecule has 10 aromatic rings. The molecule has 4 heteroatoms. The first-order chi connectivity index (χ1) is 29.3. The monoisotopic (exact) mass is 770 g/mol. The molecular weight excluding hydrogens is 729 g/mol. The maximum absolute atomic E-state index is 5.00. The summed E-state index contributed by atoms with van der Waals surface area (Å²) in [5, 5.41) is 12.3. The van der Waals surface area contributed by atoms with Gasteiger partial charge in [-0.3, -0.25) is 9.13 Å². The number of benzene rings is 8. The van der Waals surface area contributed by atoms with E-state index in [4.69, 9.17) is 10.2 Å². The third-order valence-corrected chi connectivity index (χ3v) is 13.5. The lowest BCUT2D eigenvalue weighted by Gasteiger charge is -2.22. The summed E-state index contributed by atoms with van der Waals surface area (Å²) in [5.41, 5.74) is 19.7. The first-order valence-electron chi connectivity index (χ1n) is 20.9. The van der Waals surface area contributed by atoms with Crippen LogP contribution >= 0.6 is 0 Å². The van der Waals surface area contributed by atoms with E-state index in [9.17, 15) is 0 Å². The molecule has 0 unspecified atom stereocenters. The van der Waals surface area contributed by atoms with Crippen LogP contribution in [0.4, 0.5) is 0 Å². The number of hydrogen-bond donors (Lipinski definition) is 0. The molecule has 2 heterocycles. The number of fused-ring (bicyclic) bond motifs is 9. The molecule has 0 spiro atoms. The Labute approximate surface area is 350 Å². The highest BCUT2D eigenvalue weighted by Gasteiger charge is 2.36. The molecular formula is C56H42N4. The Morgan fingerprint density at radius 3 is 1.30 bits per heavy atom. The zero-order valence-electron chi connectivity index (χ0n) is 34.1. The van der Waals surface area contributed by atoms with Gasteiger partial charge in [-0.25, -0.2) is 0 Å². The first kappa shape index (κ1) is 34.7. The molecule has 0 radical (unpaired) electrons. The molecule has 0 atom stereocenters. The summed E-state index contributed by atoms with van der Waals surface area (Å²) in [6, 6.07) is 66.4. The Kier molecular flexibility index (Phi) is 7.29. The number of nitrogens with zero attached hydrogens (tertiary/aromatic N) is 4. The molecule has 0 saturated heterocycles. The van der Waals surface area contributed by atoms with Crippen LogP contribution in [0.15, 0.2) is 182 Å². The molecule has 0 N–H and O–H groups in total. The van der Waals surface area contributed by atoms with Gasteiger partial charge in [0.25, 0.3) is 0 Å². The highest BCUT2D eigenvalue weighted by molar-refractivity contribution is 6.09. The van der Waals surface area contributed by atoms with E-state index in [1.54, 1.807) is 0 Å². The highest BCUT2D eigenvalue weighted by atomic mass is 15.4. The molecule has 0 saturated carbocycles. The first-order valence-corrected chi connectivity index (χ1v) is 20.9. The van der Waals surface area contributed by atoms with Gasteiger partial charge in [0.05, 0.1) is 16.7 Å². The van der Waals surface area contributed by atoms with E-state index in [1.165, 1.54) is 77.5 Å². The zero-order valence-corrected chi connectivity index (χ0v) is 34.1. The Morgan fingerprint density at radius 2 is 0.767 bits per heavy atom. The van der Waals surface area contributed by atoms with Crippen molar-refractivity contribution in [1.29, 1.82) is 0 Å². The minimum atomic E-state index is -0.0605. The summed E-state index contributed by atoms with van der Waals surface area (Å²) in [4.78, 5) is 0. The molecule has 0 bridgehead atoms. The Hall–Kier alpha value is -7.30. The minimum Gasteiger partial charge on any atom is -0.278 e. The summed E-state index contributed by atoms with van der Waals surface area (Å²) in [7, 11) is 0. The molecule has 12 rings (SSSR count). The van der Waals surface area contributed by atoms with Crippen LogP contribution in [-0.4, -0.2) is 19.3 Å². The zero-order chi connectivity index (χ0) is 40.3. The Bertz CT molecular complexity index is 3300. The fourth-order valence-corrected chi connectivity index (χ4v) is 10.4. The van der Waals surface area contributed by atoms with E-state index in [0.29, 0.717) is 0 Å². The van der Waals surface area contributed by atoms with Gasteiger partial charge in [0.1, 0.15) is 0 Å². The van der Waals surface area contributed by atoms with Gasteiger partial charge in [-0.15, -0.1) is 10.2 Å². The summed E-state index contributed by atoms with van der Waals surface area (Å²) in [5.74, 6) is 1.53. The van der Waals surface area contributed by atoms with Gasteiger partial charge in [-0.05, 0) is 103 Å². The number of rotatable bonds is 5. The van der Waals surface area contributed by atoms with E-state index < -0.39 is 0 Å². The number of aromatic nitrogens is 4. The smallest absolute Gasteiger partial charge is 0.241 e. The lowest BCUT2D eigenvalue weighted by molar-refractivity contribution is 0.660. The van der Waals surface area contributed by atoms with Crippen molar-refractivity contribution >= 4 is 21.8 Å². The van der Waals surface area contributed by atoms with Crippen molar-refractivity contribution in [2.45, 2.75) is 38.5 Å². The third kappa shape index (κ3) is 4.91. The maximum Gasteiger partial charge on any atom is 0.241 e. The van der Waals surface area contributed by atoms with Crippen molar-refractivity contribution < 1.29 is 0 Å². The highest BCUT2D eigenvalue weighted by Crippen LogP contribution is 2.51. The number of hydrogen-bond acceptors (Lipinski definition) is 2. The van der Waals surface area contributed by atoms with Crippen LogP contribution < -0.4 is 0 Å². The summed E-state index contributed by atoms with van der Waals surface area (Å²) < 4.78 is 4.48. The maximum atomic E-state index is 5.00. The number of para-hydroxylation sites is 2. The van der Waals surface area contributed by atoms with Crippen molar-refractivity contribution in [3.8, 4) is 67.5 Å². The van der Waals surface area contributed by atoms with E-state index in [2.05, 4.69) is 219 Å². The van der Waals surface area contributed by atoms with E-state index in [-0.39, 0.29) is 10.8 Å². The lowest BCUT2D eigenvalue weighted by atomic mass is 9.81.